The fraction of sp³-hybridized carbons (Fsp3) is 0.500. The number of halogens is 1. The average molecular weight is 246 g/mol. The van der Waals surface area contributed by atoms with E-state index in [1.54, 1.807) is 11.8 Å². The Morgan fingerprint density at radius 3 is 3.00 bits per heavy atom. The van der Waals surface area contributed by atoms with Crippen molar-refractivity contribution in [1.82, 2.24) is 4.98 Å². The van der Waals surface area contributed by atoms with Crippen LogP contribution in [0.5, 0.6) is 0 Å². The second-order valence-corrected chi connectivity index (χ2v) is 4.41. The molecule has 1 aliphatic rings. The highest BCUT2D eigenvalue weighted by Crippen LogP contribution is 2.26. The van der Waals surface area contributed by atoms with Gasteiger partial charge in [-0.15, -0.1) is 11.8 Å². The first-order chi connectivity index (χ1) is 7.29. The molecule has 15 heavy (non-hydrogen) atoms. The molecule has 0 N–H and O–H groups in total. The van der Waals surface area contributed by atoms with E-state index >= 15 is 0 Å². The van der Waals surface area contributed by atoms with Gasteiger partial charge in [0, 0.05) is 0 Å². The summed E-state index contributed by atoms with van der Waals surface area (Å²) < 4.78 is 11.0. The Morgan fingerprint density at radius 1 is 1.47 bits per heavy atom. The van der Waals surface area contributed by atoms with Crippen molar-refractivity contribution in [2.24, 2.45) is 0 Å². The van der Waals surface area contributed by atoms with Crippen LogP contribution in [-0.4, -0.2) is 31.1 Å². The Balaban J connectivity index is 2.22. The number of thioether (sulfide) groups is 1. The van der Waals surface area contributed by atoms with Crippen LogP contribution in [0.15, 0.2) is 17.2 Å². The minimum absolute atomic E-state index is 0.00912. The van der Waals surface area contributed by atoms with E-state index < -0.39 is 0 Å². The first kappa shape index (κ1) is 11.2. The minimum atomic E-state index is -0.00912. The predicted molar refractivity (Wildman–Crippen MR) is 60.5 cm³/mol. The monoisotopic (exact) mass is 245 g/mol. The highest BCUT2D eigenvalue weighted by Gasteiger charge is 2.17. The molecule has 1 atom stereocenters. The summed E-state index contributed by atoms with van der Waals surface area (Å²) in [4.78, 5) is 4.18. The number of pyridine rings is 1. The van der Waals surface area contributed by atoms with E-state index in [2.05, 4.69) is 4.98 Å². The molecule has 82 valence electrons. The molecule has 0 saturated carbocycles. The maximum absolute atomic E-state index is 5.93. The van der Waals surface area contributed by atoms with Gasteiger partial charge in [0.25, 0.3) is 0 Å². The van der Waals surface area contributed by atoms with Gasteiger partial charge in [0.1, 0.15) is 11.3 Å². The normalized spacial score (nSPS) is 21.6. The average Bonchev–Trinajstić information content (AvgIpc) is 2.29. The molecule has 0 aromatic carbocycles. The SMILES string of the molecule is CSc1cc(C2COCCO2)cc(Cl)n1. The quantitative estimate of drug-likeness (QED) is 0.592. The van der Waals surface area contributed by atoms with Crippen LogP contribution in [0.3, 0.4) is 0 Å². The maximum Gasteiger partial charge on any atom is 0.130 e. The van der Waals surface area contributed by atoms with E-state index in [0.717, 1.165) is 10.6 Å². The zero-order valence-electron chi connectivity index (χ0n) is 8.40. The summed E-state index contributed by atoms with van der Waals surface area (Å²) in [5.74, 6) is 0. The van der Waals surface area contributed by atoms with Gasteiger partial charge in [0.15, 0.2) is 0 Å². The standard InChI is InChI=1S/C10H12ClNO2S/c1-15-10-5-7(4-9(11)12-10)8-6-13-2-3-14-8/h4-5,8H,2-3,6H2,1H3. The third kappa shape index (κ3) is 2.84. The molecule has 1 aromatic heterocycles. The van der Waals surface area contributed by atoms with Gasteiger partial charge < -0.3 is 9.47 Å². The lowest BCUT2D eigenvalue weighted by Gasteiger charge is -2.23. The zero-order chi connectivity index (χ0) is 10.7. The molecule has 1 fully saturated rings. The summed E-state index contributed by atoms with van der Waals surface area (Å²) >= 11 is 7.50. The van der Waals surface area contributed by atoms with Crippen LogP contribution in [0.2, 0.25) is 5.15 Å². The van der Waals surface area contributed by atoms with Crippen LogP contribution < -0.4 is 0 Å². The Hall–Kier alpha value is -0.290. The Bertz CT molecular complexity index is 342. The van der Waals surface area contributed by atoms with Crippen molar-refractivity contribution in [3.8, 4) is 0 Å². The molecule has 0 amide bonds. The molecule has 0 aliphatic carbocycles. The van der Waals surface area contributed by atoms with Gasteiger partial charge in [0.05, 0.1) is 24.8 Å². The molecule has 0 bridgehead atoms. The van der Waals surface area contributed by atoms with Gasteiger partial charge in [-0.3, -0.25) is 0 Å². The van der Waals surface area contributed by atoms with Crippen molar-refractivity contribution >= 4 is 23.4 Å². The van der Waals surface area contributed by atoms with E-state index in [9.17, 15) is 0 Å². The Morgan fingerprint density at radius 2 is 2.33 bits per heavy atom. The predicted octanol–water partition coefficient (Wildman–Crippen LogP) is 2.54. The molecule has 1 saturated heterocycles. The van der Waals surface area contributed by atoms with Crippen molar-refractivity contribution < 1.29 is 9.47 Å². The fourth-order valence-electron chi connectivity index (χ4n) is 1.46. The molecule has 3 nitrogen and oxygen atoms in total. The second-order valence-electron chi connectivity index (χ2n) is 3.20. The highest BCUT2D eigenvalue weighted by molar-refractivity contribution is 7.98. The largest absolute Gasteiger partial charge is 0.376 e. The lowest BCUT2D eigenvalue weighted by atomic mass is 10.1. The second kappa shape index (κ2) is 5.16. The van der Waals surface area contributed by atoms with Crippen LogP contribution >= 0.6 is 23.4 Å². The molecule has 0 radical (unpaired) electrons. The molecular weight excluding hydrogens is 234 g/mol. The Kier molecular flexibility index (Phi) is 3.86. The lowest BCUT2D eigenvalue weighted by molar-refractivity contribution is -0.0902. The summed E-state index contributed by atoms with van der Waals surface area (Å²) in [7, 11) is 0. The molecule has 1 aromatic rings. The van der Waals surface area contributed by atoms with Crippen molar-refractivity contribution in [1.29, 1.82) is 0 Å². The van der Waals surface area contributed by atoms with E-state index in [1.165, 1.54) is 0 Å². The summed E-state index contributed by atoms with van der Waals surface area (Å²) in [6.07, 6.45) is 1.96. The van der Waals surface area contributed by atoms with E-state index in [-0.39, 0.29) is 6.10 Å². The van der Waals surface area contributed by atoms with Crippen LogP contribution in [-0.2, 0) is 9.47 Å². The van der Waals surface area contributed by atoms with Crippen molar-refractivity contribution in [3.63, 3.8) is 0 Å². The highest BCUT2D eigenvalue weighted by atomic mass is 35.5. The maximum atomic E-state index is 5.93. The Labute approximate surface area is 98.1 Å². The zero-order valence-corrected chi connectivity index (χ0v) is 9.98. The number of hydrogen-bond acceptors (Lipinski definition) is 4. The number of aromatic nitrogens is 1. The van der Waals surface area contributed by atoms with E-state index in [1.807, 2.05) is 18.4 Å². The van der Waals surface area contributed by atoms with Gasteiger partial charge in [-0.2, -0.15) is 0 Å². The van der Waals surface area contributed by atoms with Crippen LogP contribution in [0.4, 0.5) is 0 Å². The van der Waals surface area contributed by atoms with Gasteiger partial charge >= 0.3 is 0 Å². The third-order valence-electron chi connectivity index (χ3n) is 2.19. The number of ether oxygens (including phenoxy) is 2. The number of nitrogens with zero attached hydrogens (tertiary/aromatic N) is 1. The van der Waals surface area contributed by atoms with Gasteiger partial charge in [-0.25, -0.2) is 4.98 Å². The first-order valence-electron chi connectivity index (χ1n) is 4.70. The van der Waals surface area contributed by atoms with Gasteiger partial charge in [0.2, 0.25) is 0 Å². The van der Waals surface area contributed by atoms with Crippen LogP contribution in [0.1, 0.15) is 11.7 Å². The molecule has 2 rings (SSSR count). The summed E-state index contributed by atoms with van der Waals surface area (Å²) in [5, 5.41) is 1.41. The van der Waals surface area contributed by atoms with Gasteiger partial charge in [-0.05, 0) is 24.0 Å². The fourth-order valence-corrected chi connectivity index (χ4v) is 2.17. The third-order valence-corrected chi connectivity index (χ3v) is 3.01. The van der Waals surface area contributed by atoms with Gasteiger partial charge in [-0.1, -0.05) is 11.6 Å². The molecule has 2 heterocycles. The molecule has 1 unspecified atom stereocenters. The van der Waals surface area contributed by atoms with Crippen LogP contribution in [0, 0.1) is 0 Å². The summed E-state index contributed by atoms with van der Waals surface area (Å²) in [6, 6.07) is 3.83. The first-order valence-corrected chi connectivity index (χ1v) is 6.30. The molecule has 1 aliphatic heterocycles. The summed E-state index contributed by atoms with van der Waals surface area (Å²) in [5.41, 5.74) is 1.04. The lowest BCUT2D eigenvalue weighted by Crippen LogP contribution is -2.22. The molecular formula is C10H12ClNO2S. The molecule has 0 spiro atoms. The van der Waals surface area contributed by atoms with E-state index in [4.69, 9.17) is 21.1 Å². The smallest absolute Gasteiger partial charge is 0.130 e. The number of hydrogen-bond donors (Lipinski definition) is 0. The summed E-state index contributed by atoms with van der Waals surface area (Å²) in [6.45, 7) is 1.90. The molecule has 5 heteroatoms. The number of rotatable bonds is 2. The minimum Gasteiger partial charge on any atom is -0.376 e. The van der Waals surface area contributed by atoms with Crippen molar-refractivity contribution in [2.45, 2.75) is 11.1 Å². The topological polar surface area (TPSA) is 31.4 Å². The van der Waals surface area contributed by atoms with Crippen LogP contribution in [0.25, 0.3) is 0 Å². The van der Waals surface area contributed by atoms with Crippen molar-refractivity contribution in [2.75, 3.05) is 26.1 Å². The van der Waals surface area contributed by atoms with Crippen molar-refractivity contribution in [3.05, 3.63) is 22.8 Å². The van der Waals surface area contributed by atoms with E-state index in [0.29, 0.717) is 25.0 Å².